The molecule has 3 heterocycles. The lowest BCUT2D eigenvalue weighted by Gasteiger charge is -2.18. The highest BCUT2D eigenvalue weighted by Crippen LogP contribution is 2.40. The van der Waals surface area contributed by atoms with E-state index in [0.29, 0.717) is 10.9 Å². The molecule has 0 aliphatic rings. The maximum Gasteiger partial charge on any atom is 0.419 e. The number of ether oxygens (including phenoxy) is 2. The number of carbonyl (C=O) groups excluding carboxylic acids is 1. The monoisotopic (exact) mass is 774 g/mol. The first-order chi connectivity index (χ1) is 24.0. The van der Waals surface area contributed by atoms with Gasteiger partial charge in [-0.3, -0.25) is 9.78 Å². The Hall–Kier alpha value is -4.86. The summed E-state index contributed by atoms with van der Waals surface area (Å²) < 4.78 is 87.4. The lowest BCUT2D eigenvalue weighted by molar-refractivity contribution is -0.139. The summed E-state index contributed by atoms with van der Waals surface area (Å²) in [7, 11) is 2.58. The number of carbonyl (C=O) groups is 2. The van der Waals surface area contributed by atoms with Crippen LogP contribution < -0.4 is 14.8 Å². The summed E-state index contributed by atoms with van der Waals surface area (Å²) >= 11 is 17.4. The molecule has 5 aromatic rings. The third-order valence-electron chi connectivity index (χ3n) is 7.05. The van der Waals surface area contributed by atoms with Crippen molar-refractivity contribution in [2.45, 2.75) is 24.8 Å². The van der Waals surface area contributed by atoms with Gasteiger partial charge in [-0.1, -0.05) is 59.1 Å². The molecule has 5 rings (SSSR count). The molecule has 0 radical (unpaired) electrons. The third kappa shape index (κ3) is 9.28. The molecule has 18 heteroatoms. The Bertz CT molecular complexity index is 2060. The quantitative estimate of drug-likeness (QED) is 0.118. The van der Waals surface area contributed by atoms with E-state index in [9.17, 15) is 41.0 Å². The molecule has 1 atom stereocenters. The van der Waals surface area contributed by atoms with Gasteiger partial charge in [-0.05, 0) is 35.9 Å². The SMILES string of the molecule is COc1ccc(C(F)(F)F)c(-c2ccc(C[C@H](NC(=O)c3c(Cl)cccc3Cl)C(=O)O)c3cccnc23)n1.COc1ccc(C(F)(F)F)c(Cl)n1. The molecule has 1 amide bonds. The van der Waals surface area contributed by atoms with E-state index in [1.807, 2.05) is 0 Å². The minimum atomic E-state index is -4.70. The van der Waals surface area contributed by atoms with Crippen molar-refractivity contribution in [3.63, 3.8) is 0 Å². The van der Waals surface area contributed by atoms with Gasteiger partial charge in [0.1, 0.15) is 11.2 Å². The second-order valence-corrected chi connectivity index (χ2v) is 11.4. The molecule has 0 aliphatic carbocycles. The topological polar surface area (TPSA) is 124 Å². The zero-order chi connectivity index (χ0) is 37.7. The van der Waals surface area contributed by atoms with Crippen LogP contribution in [0, 0.1) is 0 Å². The molecular weight excluding hydrogens is 753 g/mol. The Kier molecular flexibility index (Phi) is 12.2. The zero-order valence-electron chi connectivity index (χ0n) is 26.0. The van der Waals surface area contributed by atoms with E-state index < -0.39 is 46.6 Å². The van der Waals surface area contributed by atoms with Crippen molar-refractivity contribution in [3.05, 3.63) is 110 Å². The molecule has 0 unspecified atom stereocenters. The molecule has 51 heavy (non-hydrogen) atoms. The number of aliphatic carboxylic acids is 1. The van der Waals surface area contributed by atoms with Crippen LogP contribution in [-0.2, 0) is 23.6 Å². The number of amides is 1. The van der Waals surface area contributed by atoms with Crippen LogP contribution in [0.4, 0.5) is 26.3 Å². The van der Waals surface area contributed by atoms with Crippen LogP contribution in [-0.4, -0.2) is 52.2 Å². The minimum Gasteiger partial charge on any atom is -0.481 e. The number of hydrogen-bond acceptors (Lipinski definition) is 7. The van der Waals surface area contributed by atoms with Crippen LogP contribution in [0.1, 0.15) is 27.0 Å². The number of nitrogens with one attached hydrogen (secondary N) is 1. The summed E-state index contributed by atoms with van der Waals surface area (Å²) in [6.45, 7) is 0. The van der Waals surface area contributed by atoms with Crippen LogP contribution >= 0.6 is 34.8 Å². The van der Waals surface area contributed by atoms with Crippen LogP contribution in [0.5, 0.6) is 11.8 Å². The maximum atomic E-state index is 13.8. The summed E-state index contributed by atoms with van der Waals surface area (Å²) in [6.07, 6.45) is -7.98. The second kappa shape index (κ2) is 16.0. The van der Waals surface area contributed by atoms with Gasteiger partial charge < -0.3 is 19.9 Å². The minimum absolute atomic E-state index is 0.0203. The summed E-state index contributed by atoms with van der Waals surface area (Å²) in [5, 5.41) is 12.1. The molecule has 0 fully saturated rings. The first kappa shape index (κ1) is 38.9. The maximum absolute atomic E-state index is 13.8. The average Bonchev–Trinajstić information content (AvgIpc) is 3.06. The van der Waals surface area contributed by atoms with Crippen molar-refractivity contribution in [1.29, 1.82) is 0 Å². The highest BCUT2D eigenvalue weighted by Gasteiger charge is 2.36. The normalized spacial score (nSPS) is 12.1. The Labute approximate surface area is 300 Å². The van der Waals surface area contributed by atoms with Gasteiger partial charge in [-0.15, -0.1) is 0 Å². The number of pyridine rings is 3. The molecule has 2 aromatic carbocycles. The van der Waals surface area contributed by atoms with E-state index in [-0.39, 0.29) is 50.6 Å². The predicted molar refractivity (Wildman–Crippen MR) is 176 cm³/mol. The fourth-order valence-electron chi connectivity index (χ4n) is 4.70. The van der Waals surface area contributed by atoms with E-state index in [2.05, 4.69) is 25.0 Å². The van der Waals surface area contributed by atoms with Gasteiger partial charge in [0.2, 0.25) is 11.8 Å². The van der Waals surface area contributed by atoms with Gasteiger partial charge in [0.15, 0.2) is 0 Å². The highest BCUT2D eigenvalue weighted by molar-refractivity contribution is 6.39. The van der Waals surface area contributed by atoms with Crippen molar-refractivity contribution < 1.29 is 50.5 Å². The molecule has 9 nitrogen and oxygen atoms in total. The summed E-state index contributed by atoms with van der Waals surface area (Å²) in [5.74, 6) is -2.09. The van der Waals surface area contributed by atoms with Crippen LogP contribution in [0.3, 0.4) is 0 Å². The zero-order valence-corrected chi connectivity index (χ0v) is 28.3. The number of carboxylic acids is 1. The summed E-state index contributed by atoms with van der Waals surface area (Å²) in [5.41, 5.74) is -1.74. The number of hydrogen-bond donors (Lipinski definition) is 2. The molecule has 2 N–H and O–H groups in total. The van der Waals surface area contributed by atoms with Crippen LogP contribution in [0.2, 0.25) is 15.2 Å². The first-order valence-corrected chi connectivity index (χ1v) is 15.3. The van der Waals surface area contributed by atoms with Crippen LogP contribution in [0.25, 0.3) is 22.2 Å². The fraction of sp³-hybridized carbons (Fsp3) is 0.182. The van der Waals surface area contributed by atoms with Gasteiger partial charge in [-0.25, -0.2) is 14.8 Å². The highest BCUT2D eigenvalue weighted by atomic mass is 35.5. The van der Waals surface area contributed by atoms with E-state index in [0.717, 1.165) is 24.3 Å². The number of benzene rings is 2. The van der Waals surface area contributed by atoms with E-state index in [4.69, 9.17) is 39.5 Å². The van der Waals surface area contributed by atoms with Crippen molar-refractivity contribution in [1.82, 2.24) is 20.3 Å². The lowest BCUT2D eigenvalue weighted by Crippen LogP contribution is -2.42. The summed E-state index contributed by atoms with van der Waals surface area (Å²) in [6, 6.07) is 13.0. The second-order valence-electron chi connectivity index (χ2n) is 10.3. The Balaban J connectivity index is 0.000000378. The predicted octanol–water partition coefficient (Wildman–Crippen LogP) is 8.82. The number of methoxy groups -OCH3 is 2. The van der Waals surface area contributed by atoms with Crippen molar-refractivity contribution in [2.24, 2.45) is 0 Å². The smallest absolute Gasteiger partial charge is 0.419 e. The number of rotatable bonds is 8. The molecule has 0 spiro atoms. The van der Waals surface area contributed by atoms with Gasteiger partial charge >= 0.3 is 18.3 Å². The third-order valence-corrected chi connectivity index (χ3v) is 7.97. The fourth-order valence-corrected chi connectivity index (χ4v) is 5.52. The van der Waals surface area contributed by atoms with Gasteiger partial charge in [0, 0.05) is 35.7 Å². The van der Waals surface area contributed by atoms with E-state index >= 15 is 0 Å². The number of carboxylic acid groups (broad SMARTS) is 1. The molecule has 0 aliphatic heterocycles. The molecule has 0 saturated carbocycles. The van der Waals surface area contributed by atoms with Gasteiger partial charge in [-0.2, -0.15) is 26.3 Å². The van der Waals surface area contributed by atoms with Crippen LogP contribution in [0.15, 0.2) is 72.9 Å². The Morgan fingerprint density at radius 1 is 0.804 bits per heavy atom. The number of fused-ring (bicyclic) bond motifs is 1. The molecule has 3 aromatic heterocycles. The number of halogens is 9. The van der Waals surface area contributed by atoms with Gasteiger partial charge in [0.25, 0.3) is 5.91 Å². The number of nitrogens with zero attached hydrogens (tertiary/aromatic N) is 3. The first-order valence-electron chi connectivity index (χ1n) is 14.2. The molecule has 0 saturated heterocycles. The number of aromatic nitrogens is 3. The Morgan fingerprint density at radius 2 is 1.39 bits per heavy atom. The largest absolute Gasteiger partial charge is 0.481 e. The van der Waals surface area contributed by atoms with E-state index in [1.54, 1.807) is 12.1 Å². The van der Waals surface area contributed by atoms with E-state index in [1.165, 1.54) is 50.7 Å². The lowest BCUT2D eigenvalue weighted by atomic mass is 9.95. The molecule has 0 bridgehead atoms. The van der Waals surface area contributed by atoms with Crippen molar-refractivity contribution in [2.75, 3.05) is 14.2 Å². The number of alkyl halides is 6. The average molecular weight is 776 g/mol. The van der Waals surface area contributed by atoms with Crippen molar-refractivity contribution >= 4 is 57.6 Å². The molecular formula is C33H23Cl3F6N4O5. The van der Waals surface area contributed by atoms with Gasteiger partial charge in [0.05, 0.1) is 52.2 Å². The summed E-state index contributed by atoms with van der Waals surface area (Å²) in [4.78, 5) is 36.5. The molecule has 268 valence electrons. The Morgan fingerprint density at radius 3 is 1.94 bits per heavy atom. The van der Waals surface area contributed by atoms with Crippen molar-refractivity contribution in [3.8, 4) is 23.0 Å². The standard InChI is InChI=1S/C26H18Cl2F3N3O4.C7H5ClF3NO/c1-38-20-10-9-16(26(29,30)31)23(34-20)15-8-7-13(14-4-3-11-32-22(14)15)12-19(25(36)37)33-24(35)21-17(27)5-2-6-18(21)28;1-13-5-3-2-4(6(8)12-5)7(9,10)11/h2-11,19H,12H2,1H3,(H,33,35)(H,36,37);2-3H,1H3/t19-;/m0./s1.